The van der Waals surface area contributed by atoms with Crippen LogP contribution in [0.5, 0.6) is 0 Å². The zero-order valence-corrected chi connectivity index (χ0v) is 12.2. The zero-order chi connectivity index (χ0) is 15.4. The molecule has 4 atom stereocenters. The molecule has 2 aliphatic carbocycles. The first-order valence-electron chi connectivity index (χ1n) is 7.50. The molecule has 22 heavy (non-hydrogen) atoms. The van der Waals surface area contributed by atoms with Crippen molar-refractivity contribution < 1.29 is 14.4 Å². The number of carbonyl (C=O) groups is 3. The van der Waals surface area contributed by atoms with Gasteiger partial charge in [0.15, 0.2) is 0 Å². The number of nitrogens with zero attached hydrogens (tertiary/aromatic N) is 1. The number of nitrogens with one attached hydrogen (secondary N) is 1. The van der Waals surface area contributed by atoms with E-state index in [1.54, 1.807) is 24.3 Å². The van der Waals surface area contributed by atoms with Crippen molar-refractivity contribution in [3.05, 3.63) is 36.4 Å². The van der Waals surface area contributed by atoms with Gasteiger partial charge in [-0.2, -0.15) is 0 Å². The lowest BCUT2D eigenvalue weighted by Crippen LogP contribution is -2.32. The lowest BCUT2D eigenvalue weighted by Gasteiger charge is -2.18. The normalized spacial score (nSPS) is 31.8. The number of allylic oxidation sites excluding steroid dienone is 2. The molecule has 5 nitrogen and oxygen atoms in total. The average Bonchev–Trinajstić information content (AvgIpc) is 3.12. The summed E-state index contributed by atoms with van der Waals surface area (Å²) in [4.78, 5) is 37.9. The van der Waals surface area contributed by atoms with Crippen molar-refractivity contribution >= 4 is 29.1 Å². The largest absolute Gasteiger partial charge is 0.326 e. The Morgan fingerprint density at radius 3 is 2.36 bits per heavy atom. The van der Waals surface area contributed by atoms with Crippen LogP contribution in [0.25, 0.3) is 0 Å². The van der Waals surface area contributed by atoms with Crippen molar-refractivity contribution in [1.29, 1.82) is 0 Å². The highest BCUT2D eigenvalue weighted by atomic mass is 16.2. The van der Waals surface area contributed by atoms with Crippen molar-refractivity contribution in [3.63, 3.8) is 0 Å². The lowest BCUT2D eigenvalue weighted by molar-refractivity contribution is -0.123. The van der Waals surface area contributed by atoms with Crippen LogP contribution in [0.2, 0.25) is 0 Å². The van der Waals surface area contributed by atoms with Crippen molar-refractivity contribution in [3.8, 4) is 0 Å². The number of amides is 3. The Hall–Kier alpha value is -2.43. The van der Waals surface area contributed by atoms with E-state index >= 15 is 0 Å². The molecule has 0 radical (unpaired) electrons. The van der Waals surface area contributed by atoms with Crippen molar-refractivity contribution in [2.45, 2.75) is 13.3 Å². The van der Waals surface area contributed by atoms with Gasteiger partial charge in [-0.25, -0.2) is 4.90 Å². The van der Waals surface area contributed by atoms with Crippen LogP contribution in [0.15, 0.2) is 36.4 Å². The summed E-state index contributed by atoms with van der Waals surface area (Å²) in [6.07, 6.45) is 5.08. The maximum Gasteiger partial charge on any atom is 0.238 e. The Morgan fingerprint density at radius 2 is 1.77 bits per heavy atom. The number of carbonyl (C=O) groups excluding carboxylic acids is 3. The molecule has 3 amide bonds. The van der Waals surface area contributed by atoms with Crippen molar-refractivity contribution in [2.75, 3.05) is 10.2 Å². The second kappa shape index (κ2) is 4.53. The third kappa shape index (κ3) is 1.75. The van der Waals surface area contributed by atoms with Crippen LogP contribution in [0.3, 0.4) is 0 Å². The summed E-state index contributed by atoms with van der Waals surface area (Å²) in [5.74, 6) is -0.391. The number of imide groups is 1. The molecule has 1 saturated heterocycles. The fraction of sp³-hybridized carbons (Fsp3) is 0.353. The number of rotatable bonds is 2. The minimum atomic E-state index is -0.202. The van der Waals surface area contributed by atoms with Crippen LogP contribution < -0.4 is 10.2 Å². The first kappa shape index (κ1) is 13.2. The van der Waals surface area contributed by atoms with E-state index in [1.165, 1.54) is 11.8 Å². The Labute approximate surface area is 128 Å². The molecular formula is C17H16N2O3. The standard InChI is InChI=1S/C17H16N2O3/c1-9(20)18-12-3-2-4-13(8-12)19-16(21)14-10-5-6-11(7-10)15(14)17(19)22/h2-6,8,10-11,14-15H,7H2,1H3,(H,18,20). The van der Waals surface area contributed by atoms with E-state index in [0.29, 0.717) is 11.4 Å². The van der Waals surface area contributed by atoms with E-state index in [4.69, 9.17) is 0 Å². The minimum Gasteiger partial charge on any atom is -0.326 e. The van der Waals surface area contributed by atoms with Crippen LogP contribution in [-0.4, -0.2) is 17.7 Å². The first-order chi connectivity index (χ1) is 10.6. The summed E-state index contributed by atoms with van der Waals surface area (Å²) in [5, 5.41) is 2.68. The fourth-order valence-corrected chi connectivity index (χ4v) is 4.08. The summed E-state index contributed by atoms with van der Waals surface area (Å²) in [5.41, 5.74) is 1.12. The van der Waals surface area contributed by atoms with E-state index in [0.717, 1.165) is 6.42 Å². The van der Waals surface area contributed by atoms with Gasteiger partial charge in [0.1, 0.15) is 0 Å². The van der Waals surface area contributed by atoms with Gasteiger partial charge in [0.2, 0.25) is 17.7 Å². The third-order valence-corrected chi connectivity index (χ3v) is 4.90. The van der Waals surface area contributed by atoms with Gasteiger partial charge in [-0.15, -0.1) is 0 Å². The number of fused-ring (bicyclic) bond motifs is 5. The molecule has 112 valence electrons. The average molecular weight is 296 g/mol. The Kier molecular flexibility index (Phi) is 2.73. The maximum atomic E-state index is 12.7. The van der Waals surface area contributed by atoms with E-state index in [9.17, 15) is 14.4 Å². The fourth-order valence-electron chi connectivity index (χ4n) is 4.08. The van der Waals surface area contributed by atoms with Crippen LogP contribution >= 0.6 is 0 Å². The lowest BCUT2D eigenvalue weighted by atomic mass is 9.85. The summed E-state index contributed by atoms with van der Waals surface area (Å²) < 4.78 is 0. The van der Waals surface area contributed by atoms with Crippen LogP contribution in [-0.2, 0) is 14.4 Å². The molecule has 0 spiro atoms. The number of hydrogen-bond acceptors (Lipinski definition) is 3. The molecule has 1 N–H and O–H groups in total. The predicted octanol–water partition coefficient (Wildman–Crippen LogP) is 1.96. The number of anilines is 2. The topological polar surface area (TPSA) is 66.5 Å². The highest BCUT2D eigenvalue weighted by Crippen LogP contribution is 2.53. The van der Waals surface area contributed by atoms with Gasteiger partial charge >= 0.3 is 0 Å². The molecule has 3 aliphatic rings. The summed E-state index contributed by atoms with van der Waals surface area (Å²) >= 11 is 0. The molecular weight excluding hydrogens is 280 g/mol. The second-order valence-electron chi connectivity index (χ2n) is 6.24. The molecule has 1 aliphatic heterocycles. The van der Waals surface area contributed by atoms with Gasteiger partial charge in [-0.3, -0.25) is 14.4 Å². The SMILES string of the molecule is CC(=O)Nc1cccc(N2C(=O)C3C4C=CC(C4)C3C2=O)c1. The van der Waals surface area contributed by atoms with Crippen molar-refractivity contribution in [2.24, 2.45) is 23.7 Å². The smallest absolute Gasteiger partial charge is 0.238 e. The molecule has 2 fully saturated rings. The second-order valence-corrected chi connectivity index (χ2v) is 6.24. The number of benzene rings is 1. The Balaban J connectivity index is 1.68. The zero-order valence-electron chi connectivity index (χ0n) is 12.2. The van der Waals surface area contributed by atoms with E-state index in [2.05, 4.69) is 17.5 Å². The first-order valence-corrected chi connectivity index (χ1v) is 7.50. The van der Waals surface area contributed by atoms with Gasteiger partial charge in [-0.05, 0) is 36.5 Å². The Bertz CT molecular complexity index is 694. The molecule has 1 aromatic rings. The quantitative estimate of drug-likeness (QED) is 0.670. The van der Waals surface area contributed by atoms with Gasteiger partial charge < -0.3 is 5.32 Å². The molecule has 0 aromatic heterocycles. The summed E-state index contributed by atoms with van der Waals surface area (Å²) in [6, 6.07) is 6.88. The van der Waals surface area contributed by atoms with Gasteiger partial charge in [-0.1, -0.05) is 18.2 Å². The van der Waals surface area contributed by atoms with Crippen LogP contribution in [0.4, 0.5) is 11.4 Å². The maximum absolute atomic E-state index is 12.7. The van der Waals surface area contributed by atoms with Crippen LogP contribution in [0.1, 0.15) is 13.3 Å². The molecule has 2 bridgehead atoms. The molecule has 1 saturated carbocycles. The monoisotopic (exact) mass is 296 g/mol. The molecule has 1 aromatic carbocycles. The Morgan fingerprint density at radius 1 is 1.14 bits per heavy atom. The van der Waals surface area contributed by atoms with Gasteiger partial charge in [0.25, 0.3) is 0 Å². The minimum absolute atomic E-state index is 0.105. The third-order valence-electron chi connectivity index (χ3n) is 4.90. The number of hydrogen-bond donors (Lipinski definition) is 1. The molecule has 1 heterocycles. The van der Waals surface area contributed by atoms with E-state index in [1.807, 2.05) is 0 Å². The van der Waals surface area contributed by atoms with Crippen molar-refractivity contribution in [1.82, 2.24) is 0 Å². The van der Waals surface area contributed by atoms with E-state index in [-0.39, 0.29) is 41.4 Å². The van der Waals surface area contributed by atoms with Gasteiger partial charge in [0, 0.05) is 12.6 Å². The van der Waals surface area contributed by atoms with Gasteiger partial charge in [0.05, 0.1) is 17.5 Å². The molecule has 4 unspecified atom stereocenters. The molecule has 5 heteroatoms. The summed E-state index contributed by atoms with van der Waals surface area (Å²) in [6.45, 7) is 1.42. The highest BCUT2D eigenvalue weighted by molar-refractivity contribution is 6.23. The molecule has 4 rings (SSSR count). The predicted molar refractivity (Wildman–Crippen MR) is 81.0 cm³/mol. The van der Waals surface area contributed by atoms with Crippen LogP contribution in [0, 0.1) is 23.7 Å². The van der Waals surface area contributed by atoms with E-state index < -0.39 is 0 Å². The summed E-state index contributed by atoms with van der Waals surface area (Å²) in [7, 11) is 0. The highest BCUT2D eigenvalue weighted by Gasteiger charge is 2.59.